The van der Waals surface area contributed by atoms with Gasteiger partial charge in [0, 0.05) is 19.1 Å². The highest BCUT2D eigenvalue weighted by Gasteiger charge is 2.37. The summed E-state index contributed by atoms with van der Waals surface area (Å²) in [7, 11) is 0. The van der Waals surface area contributed by atoms with Crippen LogP contribution in [0.15, 0.2) is 0 Å². The fourth-order valence-corrected chi connectivity index (χ4v) is 2.45. The van der Waals surface area contributed by atoms with Crippen molar-refractivity contribution >= 4 is 6.09 Å². The summed E-state index contributed by atoms with van der Waals surface area (Å²) in [6, 6.07) is 0.381. The van der Waals surface area contributed by atoms with Crippen LogP contribution in [0.1, 0.15) is 53.9 Å². The Bertz CT molecular complexity index is 290. The zero-order chi connectivity index (χ0) is 14.5. The van der Waals surface area contributed by atoms with Gasteiger partial charge in [0.2, 0.25) is 0 Å². The molecule has 1 unspecified atom stereocenters. The van der Waals surface area contributed by atoms with E-state index < -0.39 is 0 Å². The smallest absolute Gasteiger partial charge is 0.410 e. The van der Waals surface area contributed by atoms with E-state index in [9.17, 15) is 4.79 Å². The maximum Gasteiger partial charge on any atom is 0.410 e. The SMILES string of the molecule is CCCCOC(=O)N1CC(CC(C)C)NCC1(C)C. The van der Waals surface area contributed by atoms with E-state index in [1.807, 2.05) is 4.90 Å². The zero-order valence-electron chi connectivity index (χ0n) is 13.2. The van der Waals surface area contributed by atoms with Crippen LogP contribution in [0.4, 0.5) is 4.79 Å². The van der Waals surface area contributed by atoms with Gasteiger partial charge in [-0.2, -0.15) is 0 Å². The maximum atomic E-state index is 12.2. The average molecular weight is 270 g/mol. The molecule has 4 heteroatoms. The molecule has 1 aliphatic heterocycles. The molecule has 1 fully saturated rings. The lowest BCUT2D eigenvalue weighted by molar-refractivity contribution is 0.0349. The number of ether oxygens (including phenoxy) is 1. The second-order valence-electron chi connectivity index (χ2n) is 6.60. The van der Waals surface area contributed by atoms with E-state index in [2.05, 4.69) is 39.9 Å². The molecule has 4 nitrogen and oxygen atoms in total. The van der Waals surface area contributed by atoms with Gasteiger partial charge in [0.1, 0.15) is 0 Å². The number of unbranched alkanes of at least 4 members (excludes halogenated alkanes) is 1. The Morgan fingerprint density at radius 3 is 2.74 bits per heavy atom. The van der Waals surface area contributed by atoms with Crippen molar-refractivity contribution in [1.29, 1.82) is 0 Å². The predicted octanol–water partition coefficient (Wildman–Crippen LogP) is 3.02. The fourth-order valence-electron chi connectivity index (χ4n) is 2.45. The first-order valence-corrected chi connectivity index (χ1v) is 7.54. The number of piperazine rings is 1. The first kappa shape index (κ1) is 16.3. The molecule has 1 atom stereocenters. The lowest BCUT2D eigenvalue weighted by Crippen LogP contribution is -2.63. The second kappa shape index (κ2) is 7.13. The van der Waals surface area contributed by atoms with E-state index >= 15 is 0 Å². The van der Waals surface area contributed by atoms with Crippen molar-refractivity contribution in [3.05, 3.63) is 0 Å². The Morgan fingerprint density at radius 2 is 2.16 bits per heavy atom. The molecule has 1 aliphatic rings. The third kappa shape index (κ3) is 5.01. The molecular formula is C15H30N2O2. The summed E-state index contributed by atoms with van der Waals surface area (Å²) in [5, 5.41) is 3.54. The van der Waals surface area contributed by atoms with Gasteiger partial charge in [-0.1, -0.05) is 27.2 Å². The minimum atomic E-state index is -0.170. The van der Waals surface area contributed by atoms with Gasteiger partial charge in [0.25, 0.3) is 0 Å². The van der Waals surface area contributed by atoms with Gasteiger partial charge in [-0.05, 0) is 32.6 Å². The van der Waals surface area contributed by atoms with Gasteiger partial charge in [0.15, 0.2) is 0 Å². The van der Waals surface area contributed by atoms with Crippen molar-refractivity contribution in [1.82, 2.24) is 10.2 Å². The van der Waals surface area contributed by atoms with E-state index in [0.717, 1.165) is 32.4 Å². The van der Waals surface area contributed by atoms with Crippen molar-refractivity contribution in [2.75, 3.05) is 19.7 Å². The van der Waals surface area contributed by atoms with Gasteiger partial charge in [-0.25, -0.2) is 4.79 Å². The van der Waals surface area contributed by atoms with Crippen molar-refractivity contribution < 1.29 is 9.53 Å². The van der Waals surface area contributed by atoms with Crippen LogP contribution < -0.4 is 5.32 Å². The van der Waals surface area contributed by atoms with Crippen molar-refractivity contribution in [2.45, 2.75) is 65.5 Å². The quantitative estimate of drug-likeness (QED) is 0.781. The van der Waals surface area contributed by atoms with Crippen LogP contribution in [-0.2, 0) is 4.74 Å². The molecule has 0 aliphatic carbocycles. The number of amides is 1. The Balaban J connectivity index is 2.57. The van der Waals surface area contributed by atoms with Crippen LogP contribution in [-0.4, -0.2) is 42.3 Å². The van der Waals surface area contributed by atoms with Crippen molar-refractivity contribution in [3.8, 4) is 0 Å². The van der Waals surface area contributed by atoms with Gasteiger partial charge >= 0.3 is 6.09 Å². The van der Waals surface area contributed by atoms with E-state index in [1.165, 1.54) is 0 Å². The number of hydrogen-bond donors (Lipinski definition) is 1. The molecule has 19 heavy (non-hydrogen) atoms. The topological polar surface area (TPSA) is 41.6 Å². The highest BCUT2D eigenvalue weighted by molar-refractivity contribution is 5.69. The monoisotopic (exact) mass is 270 g/mol. The average Bonchev–Trinajstić information content (AvgIpc) is 2.31. The van der Waals surface area contributed by atoms with Gasteiger partial charge in [-0.15, -0.1) is 0 Å². The van der Waals surface area contributed by atoms with Crippen LogP contribution >= 0.6 is 0 Å². The lowest BCUT2D eigenvalue weighted by atomic mass is 9.94. The van der Waals surface area contributed by atoms with E-state index in [4.69, 9.17) is 4.74 Å². The molecule has 1 saturated heterocycles. The minimum absolute atomic E-state index is 0.159. The molecule has 0 aromatic heterocycles. The first-order valence-electron chi connectivity index (χ1n) is 7.54. The molecule has 1 amide bonds. The Morgan fingerprint density at radius 1 is 1.47 bits per heavy atom. The summed E-state index contributed by atoms with van der Waals surface area (Å²) >= 11 is 0. The molecular weight excluding hydrogens is 240 g/mol. The molecule has 1 N–H and O–H groups in total. The summed E-state index contributed by atoms with van der Waals surface area (Å²) in [6.45, 7) is 12.8. The van der Waals surface area contributed by atoms with Crippen LogP contribution in [0, 0.1) is 5.92 Å². The maximum absolute atomic E-state index is 12.2. The Labute approximate surface area is 117 Å². The van der Waals surface area contributed by atoms with Gasteiger partial charge < -0.3 is 15.0 Å². The molecule has 0 aromatic carbocycles. The molecule has 0 spiro atoms. The van der Waals surface area contributed by atoms with Crippen molar-refractivity contribution in [2.24, 2.45) is 5.92 Å². The summed E-state index contributed by atoms with van der Waals surface area (Å²) in [5.41, 5.74) is -0.170. The zero-order valence-corrected chi connectivity index (χ0v) is 13.2. The summed E-state index contributed by atoms with van der Waals surface area (Å²) in [6.07, 6.45) is 2.92. The predicted molar refractivity (Wildman–Crippen MR) is 78.3 cm³/mol. The third-order valence-electron chi connectivity index (χ3n) is 3.66. The molecule has 0 bridgehead atoms. The molecule has 0 aromatic rings. The molecule has 0 radical (unpaired) electrons. The molecule has 1 rings (SSSR count). The number of carbonyl (C=O) groups excluding carboxylic acids is 1. The molecule has 1 heterocycles. The first-order chi connectivity index (χ1) is 8.86. The number of nitrogens with zero attached hydrogens (tertiary/aromatic N) is 1. The highest BCUT2D eigenvalue weighted by atomic mass is 16.6. The van der Waals surface area contributed by atoms with Crippen molar-refractivity contribution in [3.63, 3.8) is 0 Å². The Kier molecular flexibility index (Phi) is 6.11. The Hall–Kier alpha value is -0.770. The normalized spacial score (nSPS) is 22.6. The number of hydrogen-bond acceptors (Lipinski definition) is 3. The van der Waals surface area contributed by atoms with Crippen LogP contribution in [0.25, 0.3) is 0 Å². The summed E-state index contributed by atoms with van der Waals surface area (Å²) in [4.78, 5) is 14.1. The van der Waals surface area contributed by atoms with Crippen LogP contribution in [0.2, 0.25) is 0 Å². The number of rotatable bonds is 5. The highest BCUT2D eigenvalue weighted by Crippen LogP contribution is 2.22. The molecule has 0 saturated carbocycles. The second-order valence-corrected chi connectivity index (χ2v) is 6.60. The fraction of sp³-hybridized carbons (Fsp3) is 0.933. The largest absolute Gasteiger partial charge is 0.449 e. The number of carbonyl (C=O) groups is 1. The van der Waals surface area contributed by atoms with E-state index in [1.54, 1.807) is 0 Å². The third-order valence-corrected chi connectivity index (χ3v) is 3.66. The van der Waals surface area contributed by atoms with Crippen LogP contribution in [0.5, 0.6) is 0 Å². The van der Waals surface area contributed by atoms with Gasteiger partial charge in [-0.3, -0.25) is 0 Å². The summed E-state index contributed by atoms with van der Waals surface area (Å²) in [5.74, 6) is 0.636. The number of nitrogens with one attached hydrogen (secondary N) is 1. The summed E-state index contributed by atoms with van der Waals surface area (Å²) < 4.78 is 5.37. The lowest BCUT2D eigenvalue weighted by Gasteiger charge is -2.45. The van der Waals surface area contributed by atoms with Gasteiger partial charge in [0.05, 0.1) is 12.1 Å². The molecule has 112 valence electrons. The van der Waals surface area contributed by atoms with Crippen LogP contribution in [0.3, 0.4) is 0 Å². The standard InChI is InChI=1S/C15H30N2O2/c1-6-7-8-19-14(18)17-10-13(9-12(2)3)16-11-15(17,4)5/h12-13,16H,6-11H2,1-5H3. The minimum Gasteiger partial charge on any atom is -0.449 e. The van der Waals surface area contributed by atoms with E-state index in [-0.39, 0.29) is 11.6 Å². The van der Waals surface area contributed by atoms with E-state index in [0.29, 0.717) is 18.6 Å².